The SMILES string of the molecule is O=C(Nc1cccc(B(O)O)c1)N1CCCCC1. The lowest BCUT2D eigenvalue weighted by Crippen LogP contribution is -2.39. The Hall–Kier alpha value is -1.53. The van der Waals surface area contributed by atoms with Gasteiger partial charge < -0.3 is 20.3 Å². The molecule has 1 aliphatic heterocycles. The molecule has 0 radical (unpaired) electrons. The number of nitrogens with one attached hydrogen (secondary N) is 1. The summed E-state index contributed by atoms with van der Waals surface area (Å²) in [6.45, 7) is 1.57. The smallest absolute Gasteiger partial charge is 0.423 e. The molecule has 0 bridgehead atoms. The predicted molar refractivity (Wildman–Crippen MR) is 70.7 cm³/mol. The number of piperidine rings is 1. The molecule has 1 aromatic carbocycles. The van der Waals surface area contributed by atoms with Gasteiger partial charge in [0.15, 0.2) is 0 Å². The summed E-state index contributed by atoms with van der Waals surface area (Å²) in [4.78, 5) is 13.7. The zero-order valence-electron chi connectivity index (χ0n) is 10.2. The topological polar surface area (TPSA) is 72.8 Å². The molecule has 0 saturated carbocycles. The van der Waals surface area contributed by atoms with Crippen molar-refractivity contribution in [3.63, 3.8) is 0 Å². The maximum absolute atomic E-state index is 11.9. The summed E-state index contributed by atoms with van der Waals surface area (Å²) in [5.74, 6) is 0. The van der Waals surface area contributed by atoms with Crippen molar-refractivity contribution in [2.45, 2.75) is 19.3 Å². The van der Waals surface area contributed by atoms with E-state index in [1.807, 2.05) is 0 Å². The van der Waals surface area contributed by atoms with Crippen LogP contribution in [-0.2, 0) is 0 Å². The van der Waals surface area contributed by atoms with Gasteiger partial charge in [-0.15, -0.1) is 0 Å². The van der Waals surface area contributed by atoms with Gasteiger partial charge in [-0.1, -0.05) is 12.1 Å². The fourth-order valence-corrected chi connectivity index (χ4v) is 2.08. The van der Waals surface area contributed by atoms with Crippen LogP contribution < -0.4 is 10.8 Å². The summed E-state index contributed by atoms with van der Waals surface area (Å²) >= 11 is 0. The van der Waals surface area contributed by atoms with Crippen molar-refractivity contribution in [3.8, 4) is 0 Å². The molecule has 2 rings (SSSR count). The van der Waals surface area contributed by atoms with Crippen LogP contribution in [0.1, 0.15) is 19.3 Å². The molecule has 18 heavy (non-hydrogen) atoms. The molecule has 1 heterocycles. The molecule has 6 heteroatoms. The second-order valence-electron chi connectivity index (χ2n) is 4.48. The van der Waals surface area contributed by atoms with Gasteiger partial charge in [0.25, 0.3) is 0 Å². The molecule has 0 aliphatic carbocycles. The Bertz CT molecular complexity index is 420. The van der Waals surface area contributed by atoms with E-state index in [4.69, 9.17) is 10.0 Å². The van der Waals surface area contributed by atoms with Crippen LogP contribution in [-0.4, -0.2) is 41.2 Å². The van der Waals surface area contributed by atoms with Crippen LogP contribution >= 0.6 is 0 Å². The van der Waals surface area contributed by atoms with Crippen LogP contribution in [0.15, 0.2) is 24.3 Å². The lowest BCUT2D eigenvalue weighted by Gasteiger charge is -2.26. The number of hydrogen-bond acceptors (Lipinski definition) is 3. The van der Waals surface area contributed by atoms with Crippen LogP contribution in [0.3, 0.4) is 0 Å². The van der Waals surface area contributed by atoms with Gasteiger partial charge >= 0.3 is 13.1 Å². The van der Waals surface area contributed by atoms with E-state index in [-0.39, 0.29) is 6.03 Å². The van der Waals surface area contributed by atoms with Crippen molar-refractivity contribution in [1.82, 2.24) is 4.90 Å². The summed E-state index contributed by atoms with van der Waals surface area (Å²) in [6, 6.07) is 6.45. The highest BCUT2D eigenvalue weighted by molar-refractivity contribution is 6.58. The minimum absolute atomic E-state index is 0.126. The van der Waals surface area contributed by atoms with Gasteiger partial charge in [-0.3, -0.25) is 0 Å². The van der Waals surface area contributed by atoms with Crippen LogP contribution in [0.2, 0.25) is 0 Å². The van der Waals surface area contributed by atoms with Gasteiger partial charge in [0.05, 0.1) is 0 Å². The zero-order valence-corrected chi connectivity index (χ0v) is 10.2. The number of nitrogens with zero attached hydrogens (tertiary/aromatic N) is 1. The van der Waals surface area contributed by atoms with Gasteiger partial charge in [-0.2, -0.15) is 0 Å². The van der Waals surface area contributed by atoms with Crippen molar-refractivity contribution in [3.05, 3.63) is 24.3 Å². The summed E-state index contributed by atoms with van der Waals surface area (Å²) in [6.07, 6.45) is 3.27. The summed E-state index contributed by atoms with van der Waals surface area (Å²) < 4.78 is 0. The molecule has 1 fully saturated rings. The lowest BCUT2D eigenvalue weighted by molar-refractivity contribution is 0.200. The molecule has 1 saturated heterocycles. The van der Waals surface area contributed by atoms with E-state index in [2.05, 4.69) is 5.32 Å². The Morgan fingerprint density at radius 3 is 2.61 bits per heavy atom. The van der Waals surface area contributed by atoms with Gasteiger partial charge in [0.2, 0.25) is 0 Å². The van der Waals surface area contributed by atoms with Gasteiger partial charge in [-0.25, -0.2) is 4.79 Å². The molecule has 0 unspecified atom stereocenters. The Morgan fingerprint density at radius 1 is 1.22 bits per heavy atom. The van der Waals surface area contributed by atoms with Crippen LogP contribution in [0.5, 0.6) is 0 Å². The molecule has 2 amide bonds. The molecule has 96 valence electrons. The van der Waals surface area contributed by atoms with Crippen LogP contribution in [0, 0.1) is 0 Å². The molecule has 3 N–H and O–H groups in total. The number of benzene rings is 1. The standard InChI is InChI=1S/C12H17BN2O3/c16-12(15-7-2-1-3-8-15)14-11-6-4-5-10(9-11)13(17)18/h4-6,9,17-18H,1-3,7-8H2,(H,14,16). The summed E-state index contributed by atoms with van der Waals surface area (Å²) in [5, 5.41) is 20.9. The molecule has 5 nitrogen and oxygen atoms in total. The normalized spacial score (nSPS) is 15.3. The molecule has 0 aromatic heterocycles. The number of carbonyl (C=O) groups excluding carboxylic acids is 1. The lowest BCUT2D eigenvalue weighted by atomic mass is 9.80. The molecule has 0 atom stereocenters. The minimum atomic E-state index is -1.52. The minimum Gasteiger partial charge on any atom is -0.423 e. The fourth-order valence-electron chi connectivity index (χ4n) is 2.08. The fraction of sp³-hybridized carbons (Fsp3) is 0.417. The van der Waals surface area contributed by atoms with E-state index < -0.39 is 7.12 Å². The quantitative estimate of drug-likeness (QED) is 0.662. The van der Waals surface area contributed by atoms with Crippen LogP contribution in [0.4, 0.5) is 10.5 Å². The maximum atomic E-state index is 11.9. The van der Waals surface area contributed by atoms with E-state index in [0.29, 0.717) is 11.2 Å². The number of hydrogen-bond donors (Lipinski definition) is 3. The molecular formula is C12H17BN2O3. The summed E-state index contributed by atoms with van der Waals surface area (Å²) in [5.41, 5.74) is 0.947. The first-order valence-corrected chi connectivity index (χ1v) is 6.19. The van der Waals surface area contributed by atoms with Crippen molar-refractivity contribution in [1.29, 1.82) is 0 Å². The number of rotatable bonds is 2. The average Bonchev–Trinajstić information content (AvgIpc) is 2.40. The highest BCUT2D eigenvalue weighted by Crippen LogP contribution is 2.11. The third-order valence-corrected chi connectivity index (χ3v) is 3.08. The third kappa shape index (κ3) is 3.24. The van der Waals surface area contributed by atoms with Gasteiger partial charge in [0, 0.05) is 18.8 Å². The average molecular weight is 248 g/mol. The Kier molecular flexibility index (Phi) is 4.22. The number of amides is 2. The largest absolute Gasteiger partial charge is 0.488 e. The first kappa shape index (κ1) is 12.9. The second kappa shape index (κ2) is 5.88. The summed E-state index contributed by atoms with van der Waals surface area (Å²) in [7, 11) is -1.52. The Labute approximate surface area is 107 Å². The zero-order chi connectivity index (χ0) is 13.0. The second-order valence-corrected chi connectivity index (χ2v) is 4.48. The first-order valence-electron chi connectivity index (χ1n) is 6.19. The van der Waals surface area contributed by atoms with Crippen molar-refractivity contribution >= 4 is 24.3 Å². The van der Waals surface area contributed by atoms with E-state index in [9.17, 15) is 4.79 Å². The number of urea groups is 1. The highest BCUT2D eigenvalue weighted by Gasteiger charge is 2.17. The predicted octanol–water partition coefficient (Wildman–Crippen LogP) is 0.384. The number of anilines is 1. The first-order chi connectivity index (χ1) is 8.66. The van der Waals surface area contributed by atoms with E-state index in [1.54, 1.807) is 29.2 Å². The van der Waals surface area contributed by atoms with Gasteiger partial charge in [-0.05, 0) is 36.9 Å². The van der Waals surface area contributed by atoms with Crippen molar-refractivity contribution < 1.29 is 14.8 Å². The Morgan fingerprint density at radius 2 is 1.94 bits per heavy atom. The van der Waals surface area contributed by atoms with E-state index >= 15 is 0 Å². The Balaban J connectivity index is 1.99. The highest BCUT2D eigenvalue weighted by atomic mass is 16.4. The number of carbonyl (C=O) groups is 1. The number of likely N-dealkylation sites (tertiary alicyclic amines) is 1. The van der Waals surface area contributed by atoms with E-state index in [0.717, 1.165) is 25.9 Å². The third-order valence-electron chi connectivity index (χ3n) is 3.08. The molecular weight excluding hydrogens is 231 g/mol. The molecule has 1 aromatic rings. The van der Waals surface area contributed by atoms with Gasteiger partial charge in [0.1, 0.15) is 0 Å². The van der Waals surface area contributed by atoms with Crippen LogP contribution in [0.25, 0.3) is 0 Å². The molecule has 0 spiro atoms. The van der Waals surface area contributed by atoms with Crippen molar-refractivity contribution in [2.75, 3.05) is 18.4 Å². The monoisotopic (exact) mass is 248 g/mol. The van der Waals surface area contributed by atoms with E-state index in [1.165, 1.54) is 6.42 Å². The maximum Gasteiger partial charge on any atom is 0.488 e. The molecule has 1 aliphatic rings. The van der Waals surface area contributed by atoms with Crippen molar-refractivity contribution in [2.24, 2.45) is 0 Å².